The fourth-order valence-electron chi connectivity index (χ4n) is 0.705. The first kappa shape index (κ1) is 8.36. The van der Waals surface area contributed by atoms with Gasteiger partial charge in [-0.2, -0.15) is 0 Å². The van der Waals surface area contributed by atoms with E-state index >= 15 is 0 Å². The maximum absolute atomic E-state index is 8.44. The van der Waals surface area contributed by atoms with Gasteiger partial charge in [-0.05, 0) is 6.92 Å². The summed E-state index contributed by atoms with van der Waals surface area (Å²) in [5, 5.41) is 8.94. The van der Waals surface area contributed by atoms with Crippen molar-refractivity contribution in [1.82, 2.24) is 4.98 Å². The van der Waals surface area contributed by atoms with Crippen LogP contribution < -0.4 is 4.65 Å². The van der Waals surface area contributed by atoms with Gasteiger partial charge in [0, 0.05) is 12.3 Å². The molecular formula is C6H7BClNO2. The number of hydrogen-bond acceptors (Lipinski definition) is 3. The van der Waals surface area contributed by atoms with E-state index in [1.807, 2.05) is 0 Å². The molecule has 0 aromatic carbocycles. The molecular weight excluding hydrogens is 164 g/mol. The topological polar surface area (TPSA) is 42.4 Å². The van der Waals surface area contributed by atoms with Crippen LogP contribution in [0.15, 0.2) is 12.3 Å². The second kappa shape index (κ2) is 3.60. The van der Waals surface area contributed by atoms with Gasteiger partial charge in [-0.1, -0.05) is 11.6 Å². The Kier molecular flexibility index (Phi) is 2.73. The summed E-state index contributed by atoms with van der Waals surface area (Å²) in [4.78, 5) is 3.93. The molecule has 11 heavy (non-hydrogen) atoms. The number of halogens is 1. The van der Waals surface area contributed by atoms with Crippen molar-refractivity contribution < 1.29 is 9.68 Å². The fourth-order valence-corrected chi connectivity index (χ4v) is 0.853. The van der Waals surface area contributed by atoms with E-state index in [1.54, 1.807) is 13.0 Å². The molecule has 0 amide bonds. The third kappa shape index (κ3) is 2.10. The summed E-state index contributed by atoms with van der Waals surface area (Å²) in [6, 6.07) is 1.61. The van der Waals surface area contributed by atoms with Crippen LogP contribution in [0.1, 0.15) is 5.69 Å². The van der Waals surface area contributed by atoms with Gasteiger partial charge in [0.1, 0.15) is 5.75 Å². The van der Waals surface area contributed by atoms with E-state index in [4.69, 9.17) is 21.3 Å². The summed E-state index contributed by atoms with van der Waals surface area (Å²) >= 11 is 5.63. The summed E-state index contributed by atoms with van der Waals surface area (Å²) in [5.41, 5.74) is 0.712. The zero-order chi connectivity index (χ0) is 8.27. The van der Waals surface area contributed by atoms with Crippen molar-refractivity contribution >= 4 is 19.3 Å². The monoisotopic (exact) mass is 171 g/mol. The third-order valence-corrected chi connectivity index (χ3v) is 1.43. The normalized spacial score (nSPS) is 9.36. The van der Waals surface area contributed by atoms with Gasteiger partial charge in [0.2, 0.25) is 0 Å². The Morgan fingerprint density at radius 3 is 3.09 bits per heavy atom. The highest BCUT2D eigenvalue weighted by Gasteiger charge is 2.00. The van der Waals surface area contributed by atoms with Gasteiger partial charge in [-0.3, -0.25) is 4.98 Å². The molecule has 58 valence electrons. The molecule has 0 saturated heterocycles. The Hall–Kier alpha value is -0.735. The molecule has 1 rings (SSSR count). The molecule has 5 heteroatoms. The molecule has 0 aliphatic rings. The molecule has 0 aliphatic heterocycles. The lowest BCUT2D eigenvalue weighted by atomic mass is 10.3. The third-order valence-electron chi connectivity index (χ3n) is 1.23. The first-order chi connectivity index (χ1) is 5.24. The van der Waals surface area contributed by atoms with Crippen molar-refractivity contribution in [1.29, 1.82) is 0 Å². The average molecular weight is 171 g/mol. The van der Waals surface area contributed by atoms with Crippen LogP contribution in [0.5, 0.6) is 5.75 Å². The Morgan fingerprint density at radius 1 is 1.73 bits per heavy atom. The van der Waals surface area contributed by atoms with Crippen molar-refractivity contribution in [3.63, 3.8) is 0 Å². The fraction of sp³-hybridized carbons (Fsp3) is 0.167. The summed E-state index contributed by atoms with van der Waals surface area (Å²) in [7, 11) is -0.358. The van der Waals surface area contributed by atoms with Crippen molar-refractivity contribution in [3.05, 3.63) is 23.0 Å². The van der Waals surface area contributed by atoms with Gasteiger partial charge in [-0.15, -0.1) is 0 Å². The van der Waals surface area contributed by atoms with Crippen molar-refractivity contribution in [2.75, 3.05) is 0 Å². The zero-order valence-corrected chi connectivity index (χ0v) is 6.80. The van der Waals surface area contributed by atoms with Crippen LogP contribution in [-0.4, -0.2) is 17.7 Å². The Labute approximate surface area is 70.3 Å². The van der Waals surface area contributed by atoms with Crippen molar-refractivity contribution in [3.8, 4) is 5.75 Å². The van der Waals surface area contributed by atoms with Gasteiger partial charge >= 0.3 is 7.69 Å². The second-order valence-corrected chi connectivity index (χ2v) is 2.45. The molecule has 1 N–H and O–H groups in total. The number of rotatable bonds is 2. The SMILES string of the molecule is Cc1ncc(Cl)cc1OBO. The van der Waals surface area contributed by atoms with E-state index in [1.165, 1.54) is 6.20 Å². The molecule has 0 bridgehead atoms. The van der Waals surface area contributed by atoms with Crippen molar-refractivity contribution in [2.45, 2.75) is 6.92 Å². The number of pyridine rings is 1. The van der Waals surface area contributed by atoms with Gasteiger partial charge in [0.05, 0.1) is 10.7 Å². The predicted molar refractivity (Wildman–Crippen MR) is 44.0 cm³/mol. The summed E-state index contributed by atoms with van der Waals surface area (Å²) < 4.78 is 4.83. The molecule has 0 aliphatic carbocycles. The molecule has 0 saturated carbocycles. The minimum atomic E-state index is -0.358. The number of aromatic nitrogens is 1. The molecule has 0 atom stereocenters. The lowest BCUT2D eigenvalue weighted by molar-refractivity contribution is 0.450. The largest absolute Gasteiger partial charge is 0.537 e. The minimum Gasteiger partial charge on any atom is -0.537 e. The van der Waals surface area contributed by atoms with Gasteiger partial charge in [-0.25, -0.2) is 0 Å². The van der Waals surface area contributed by atoms with Crippen LogP contribution in [0.3, 0.4) is 0 Å². The first-order valence-corrected chi connectivity index (χ1v) is 3.47. The average Bonchev–Trinajstić information content (AvgIpc) is 1.98. The van der Waals surface area contributed by atoms with Crippen molar-refractivity contribution in [2.24, 2.45) is 0 Å². The Morgan fingerprint density at radius 2 is 2.45 bits per heavy atom. The molecule has 1 aromatic rings. The van der Waals surface area contributed by atoms with E-state index in [2.05, 4.69) is 4.98 Å². The van der Waals surface area contributed by atoms with E-state index in [9.17, 15) is 0 Å². The number of nitrogens with zero attached hydrogens (tertiary/aromatic N) is 1. The summed E-state index contributed by atoms with van der Waals surface area (Å²) in [5.74, 6) is 0.514. The molecule has 1 heterocycles. The Bertz CT molecular complexity index is 256. The Balaban J connectivity index is 2.93. The highest BCUT2D eigenvalue weighted by molar-refractivity contribution is 6.30. The highest BCUT2D eigenvalue weighted by atomic mass is 35.5. The molecule has 0 spiro atoms. The summed E-state index contributed by atoms with van der Waals surface area (Å²) in [6.45, 7) is 1.78. The standard InChI is InChI=1S/C6H7BClNO2/c1-4-6(11-7-10)2-5(8)3-9-4/h2-3,7,10H,1H3. The predicted octanol–water partition coefficient (Wildman–Crippen LogP) is 0.681. The molecule has 1 aromatic heterocycles. The van der Waals surface area contributed by atoms with Crippen LogP contribution in [-0.2, 0) is 0 Å². The first-order valence-electron chi connectivity index (χ1n) is 3.10. The van der Waals surface area contributed by atoms with E-state index in [-0.39, 0.29) is 7.69 Å². The van der Waals surface area contributed by atoms with Crippen LogP contribution >= 0.6 is 11.6 Å². The van der Waals surface area contributed by atoms with Crippen LogP contribution in [0, 0.1) is 6.92 Å². The second-order valence-electron chi connectivity index (χ2n) is 2.01. The van der Waals surface area contributed by atoms with Gasteiger partial charge in [0.25, 0.3) is 0 Å². The van der Waals surface area contributed by atoms with Crippen LogP contribution in [0.2, 0.25) is 5.02 Å². The summed E-state index contributed by atoms with van der Waals surface area (Å²) in [6.07, 6.45) is 1.53. The lowest BCUT2D eigenvalue weighted by Crippen LogP contribution is -2.02. The maximum atomic E-state index is 8.44. The van der Waals surface area contributed by atoms with Crippen LogP contribution in [0.25, 0.3) is 0 Å². The number of hydrogen-bond donors (Lipinski definition) is 1. The smallest absolute Gasteiger partial charge is 0.504 e. The molecule has 0 radical (unpaired) electrons. The van der Waals surface area contributed by atoms with E-state index < -0.39 is 0 Å². The van der Waals surface area contributed by atoms with Gasteiger partial charge in [0.15, 0.2) is 0 Å². The maximum Gasteiger partial charge on any atom is 0.504 e. The quantitative estimate of drug-likeness (QED) is 0.666. The number of aryl methyl sites for hydroxylation is 1. The molecule has 0 fully saturated rings. The van der Waals surface area contributed by atoms with Crippen LogP contribution in [0.4, 0.5) is 0 Å². The highest BCUT2D eigenvalue weighted by Crippen LogP contribution is 2.19. The van der Waals surface area contributed by atoms with Gasteiger partial charge < -0.3 is 9.68 Å². The molecule has 0 unspecified atom stereocenters. The minimum absolute atomic E-state index is 0.358. The van der Waals surface area contributed by atoms with E-state index in [0.29, 0.717) is 16.5 Å². The van der Waals surface area contributed by atoms with E-state index in [0.717, 1.165) is 0 Å². The zero-order valence-electron chi connectivity index (χ0n) is 6.04. The molecule has 3 nitrogen and oxygen atoms in total. The lowest BCUT2D eigenvalue weighted by Gasteiger charge is -2.04.